The lowest BCUT2D eigenvalue weighted by Gasteiger charge is -2.24. The van der Waals surface area contributed by atoms with Crippen molar-refractivity contribution < 1.29 is 9.18 Å². The van der Waals surface area contributed by atoms with E-state index in [1.165, 1.54) is 6.07 Å². The number of nitrogen functional groups attached to an aromatic ring is 1. The highest BCUT2D eigenvalue weighted by Gasteiger charge is 2.17. The standard InChI is InChI=1S/C13H18ClFN2O.ClH/c1-4-13(2,3)17-7-11(18)8-5-9(14)12(16)10(15)6-8;/h5-6,17H,4,7,16H2,1-3H3;1H. The molecule has 1 rings (SSSR count). The summed E-state index contributed by atoms with van der Waals surface area (Å²) in [6.45, 7) is 6.16. The summed E-state index contributed by atoms with van der Waals surface area (Å²) in [5.74, 6) is -0.877. The molecule has 1 aromatic carbocycles. The van der Waals surface area contributed by atoms with Crippen LogP contribution in [0, 0.1) is 5.82 Å². The molecule has 0 aromatic heterocycles. The van der Waals surface area contributed by atoms with E-state index in [0.29, 0.717) is 0 Å². The molecule has 0 bridgehead atoms. The van der Waals surface area contributed by atoms with Crippen LogP contribution in [0.5, 0.6) is 0 Å². The zero-order valence-corrected chi connectivity index (χ0v) is 12.8. The Balaban J connectivity index is 0.00000324. The molecular formula is C13H19Cl2FN2O. The van der Waals surface area contributed by atoms with Crippen LogP contribution in [0.2, 0.25) is 5.02 Å². The number of nitrogens with two attached hydrogens (primary N) is 1. The number of hydrogen-bond donors (Lipinski definition) is 2. The topological polar surface area (TPSA) is 55.1 Å². The van der Waals surface area contributed by atoms with Crippen LogP contribution in [0.1, 0.15) is 37.6 Å². The van der Waals surface area contributed by atoms with E-state index in [-0.39, 0.29) is 46.5 Å². The van der Waals surface area contributed by atoms with Crippen molar-refractivity contribution in [1.29, 1.82) is 0 Å². The van der Waals surface area contributed by atoms with Gasteiger partial charge in [0.2, 0.25) is 0 Å². The maximum Gasteiger partial charge on any atom is 0.176 e. The molecule has 0 saturated carbocycles. The zero-order chi connectivity index (χ0) is 13.9. The third kappa shape index (κ3) is 4.97. The zero-order valence-electron chi connectivity index (χ0n) is 11.2. The first kappa shape index (κ1) is 18.2. The predicted molar refractivity (Wildman–Crippen MR) is 79.8 cm³/mol. The van der Waals surface area contributed by atoms with Gasteiger partial charge in [-0.3, -0.25) is 4.79 Å². The van der Waals surface area contributed by atoms with Crippen molar-refractivity contribution in [1.82, 2.24) is 5.32 Å². The van der Waals surface area contributed by atoms with Crippen molar-refractivity contribution in [2.75, 3.05) is 12.3 Å². The fourth-order valence-corrected chi connectivity index (χ4v) is 1.50. The second-order valence-electron chi connectivity index (χ2n) is 4.87. The van der Waals surface area contributed by atoms with E-state index in [9.17, 15) is 9.18 Å². The van der Waals surface area contributed by atoms with Gasteiger partial charge in [-0.2, -0.15) is 0 Å². The summed E-state index contributed by atoms with van der Waals surface area (Å²) in [5, 5.41) is 3.18. The Morgan fingerprint density at radius 3 is 2.53 bits per heavy atom. The lowest BCUT2D eigenvalue weighted by atomic mass is 10.0. The van der Waals surface area contributed by atoms with Gasteiger partial charge in [-0.05, 0) is 32.4 Å². The lowest BCUT2D eigenvalue weighted by molar-refractivity contribution is 0.0979. The maximum absolute atomic E-state index is 13.4. The lowest BCUT2D eigenvalue weighted by Crippen LogP contribution is -2.41. The first-order valence-corrected chi connectivity index (χ1v) is 6.17. The van der Waals surface area contributed by atoms with Gasteiger partial charge in [0.05, 0.1) is 17.3 Å². The minimum Gasteiger partial charge on any atom is -0.395 e. The average Bonchev–Trinajstić information content (AvgIpc) is 2.32. The molecule has 0 aliphatic heterocycles. The second kappa shape index (κ2) is 7.08. The summed E-state index contributed by atoms with van der Waals surface area (Å²) in [5.41, 5.74) is 5.35. The van der Waals surface area contributed by atoms with Crippen molar-refractivity contribution in [2.45, 2.75) is 32.7 Å². The van der Waals surface area contributed by atoms with E-state index in [2.05, 4.69) is 5.32 Å². The predicted octanol–water partition coefficient (Wildman–Crippen LogP) is 3.44. The molecule has 6 heteroatoms. The molecule has 0 amide bonds. The second-order valence-corrected chi connectivity index (χ2v) is 5.27. The summed E-state index contributed by atoms with van der Waals surface area (Å²) < 4.78 is 13.4. The van der Waals surface area contributed by atoms with Crippen molar-refractivity contribution in [3.05, 3.63) is 28.5 Å². The number of ketones is 1. The van der Waals surface area contributed by atoms with Crippen molar-refractivity contribution >= 4 is 35.5 Å². The first-order chi connectivity index (χ1) is 8.26. The molecule has 3 nitrogen and oxygen atoms in total. The molecule has 0 radical (unpaired) electrons. The van der Waals surface area contributed by atoms with E-state index >= 15 is 0 Å². The van der Waals surface area contributed by atoms with Crippen LogP contribution in [0.15, 0.2) is 12.1 Å². The molecule has 0 atom stereocenters. The first-order valence-electron chi connectivity index (χ1n) is 5.79. The Kier molecular flexibility index (Phi) is 6.77. The quantitative estimate of drug-likeness (QED) is 0.647. The number of hydrogen-bond acceptors (Lipinski definition) is 3. The van der Waals surface area contributed by atoms with Crippen LogP contribution in [0.3, 0.4) is 0 Å². The van der Waals surface area contributed by atoms with Crippen molar-refractivity contribution in [3.8, 4) is 0 Å². The minimum atomic E-state index is -0.666. The Hall–Kier alpha value is -0.840. The highest BCUT2D eigenvalue weighted by Crippen LogP contribution is 2.23. The van der Waals surface area contributed by atoms with Gasteiger partial charge in [0.25, 0.3) is 0 Å². The van der Waals surface area contributed by atoms with Crippen LogP contribution in [0.25, 0.3) is 0 Å². The largest absolute Gasteiger partial charge is 0.395 e. The number of halogens is 3. The molecular weight excluding hydrogens is 290 g/mol. The fraction of sp³-hybridized carbons (Fsp3) is 0.462. The van der Waals surface area contributed by atoms with E-state index in [4.69, 9.17) is 17.3 Å². The van der Waals surface area contributed by atoms with Crippen LogP contribution < -0.4 is 11.1 Å². The number of rotatable bonds is 5. The minimum absolute atomic E-state index is 0. The normalized spacial score (nSPS) is 11.0. The third-order valence-electron chi connectivity index (χ3n) is 3.01. The number of carbonyl (C=O) groups excluding carboxylic acids is 1. The van der Waals surface area contributed by atoms with Gasteiger partial charge < -0.3 is 11.1 Å². The number of anilines is 1. The van der Waals surface area contributed by atoms with Gasteiger partial charge in [0.15, 0.2) is 5.78 Å². The highest BCUT2D eigenvalue weighted by atomic mass is 35.5. The van der Waals surface area contributed by atoms with Gasteiger partial charge in [-0.25, -0.2) is 4.39 Å². The van der Waals surface area contributed by atoms with E-state index in [0.717, 1.165) is 12.5 Å². The number of carbonyl (C=O) groups is 1. The Bertz CT molecular complexity index is 441. The monoisotopic (exact) mass is 308 g/mol. The summed E-state index contributed by atoms with van der Waals surface area (Å²) in [6, 6.07) is 2.51. The van der Waals surface area contributed by atoms with Crippen LogP contribution in [-0.4, -0.2) is 17.9 Å². The molecule has 108 valence electrons. The summed E-state index contributed by atoms with van der Waals surface area (Å²) >= 11 is 5.74. The van der Waals surface area contributed by atoms with E-state index in [1.807, 2.05) is 20.8 Å². The molecule has 3 N–H and O–H groups in total. The van der Waals surface area contributed by atoms with Crippen LogP contribution in [-0.2, 0) is 0 Å². The number of Topliss-reactive ketones (excluding diaryl/α,β-unsaturated/α-hetero) is 1. The molecule has 0 fully saturated rings. The van der Waals surface area contributed by atoms with E-state index < -0.39 is 5.82 Å². The molecule has 0 unspecified atom stereocenters. The van der Waals surface area contributed by atoms with Gasteiger partial charge >= 0.3 is 0 Å². The molecule has 0 heterocycles. The molecule has 19 heavy (non-hydrogen) atoms. The summed E-state index contributed by atoms with van der Waals surface area (Å²) in [6.07, 6.45) is 0.886. The molecule has 0 spiro atoms. The van der Waals surface area contributed by atoms with Crippen molar-refractivity contribution in [3.63, 3.8) is 0 Å². The fourth-order valence-electron chi connectivity index (χ4n) is 1.29. The number of nitrogens with one attached hydrogen (secondary N) is 1. The summed E-state index contributed by atoms with van der Waals surface area (Å²) in [7, 11) is 0. The molecule has 1 aromatic rings. The Labute approximate surface area is 124 Å². The SMILES string of the molecule is CCC(C)(C)NCC(=O)c1cc(F)c(N)c(Cl)c1.Cl. The van der Waals surface area contributed by atoms with Crippen LogP contribution >= 0.6 is 24.0 Å². The van der Waals surface area contributed by atoms with Gasteiger partial charge in [0.1, 0.15) is 5.82 Å². The smallest absolute Gasteiger partial charge is 0.176 e. The van der Waals surface area contributed by atoms with Gasteiger partial charge in [-0.15, -0.1) is 12.4 Å². The average molecular weight is 309 g/mol. The maximum atomic E-state index is 13.4. The van der Waals surface area contributed by atoms with E-state index in [1.54, 1.807) is 0 Å². The molecule has 0 saturated heterocycles. The highest BCUT2D eigenvalue weighted by molar-refractivity contribution is 6.33. The summed E-state index contributed by atoms with van der Waals surface area (Å²) in [4.78, 5) is 11.9. The van der Waals surface area contributed by atoms with Gasteiger partial charge in [-0.1, -0.05) is 18.5 Å². The third-order valence-corrected chi connectivity index (χ3v) is 3.33. The Morgan fingerprint density at radius 2 is 2.05 bits per heavy atom. The van der Waals surface area contributed by atoms with Crippen LogP contribution in [0.4, 0.5) is 10.1 Å². The van der Waals surface area contributed by atoms with Gasteiger partial charge in [0, 0.05) is 11.1 Å². The number of benzene rings is 1. The Morgan fingerprint density at radius 1 is 1.47 bits per heavy atom. The van der Waals surface area contributed by atoms with Crippen molar-refractivity contribution in [2.24, 2.45) is 0 Å². The molecule has 0 aliphatic carbocycles. The molecule has 0 aliphatic rings.